The van der Waals surface area contributed by atoms with Crippen molar-refractivity contribution in [3.8, 4) is 61.3 Å². The minimum atomic E-state index is 1.10. The highest BCUT2D eigenvalue weighted by molar-refractivity contribution is 6.20. The first-order valence-electron chi connectivity index (χ1n) is 20.7. The van der Waals surface area contributed by atoms with Gasteiger partial charge in [-0.2, -0.15) is 0 Å². The SMILES string of the molecule is c1ccc(-c2ccc(N(c3ccc(-c4ccccc4)cc3)c3ccc(-c4ccc5c(c4)c4cc6c(cc4n5-c4ccccc4)-c4cccc5cccc-6c45)cc3)cc2)cc1. The Labute approximate surface area is 349 Å². The van der Waals surface area contributed by atoms with Crippen molar-refractivity contribution in [2.24, 2.45) is 0 Å². The van der Waals surface area contributed by atoms with E-state index >= 15 is 0 Å². The molecule has 11 aromatic rings. The second kappa shape index (κ2) is 13.9. The summed E-state index contributed by atoms with van der Waals surface area (Å²) in [4.78, 5) is 2.35. The maximum absolute atomic E-state index is 2.44. The van der Waals surface area contributed by atoms with E-state index in [1.54, 1.807) is 0 Å². The maximum atomic E-state index is 2.44. The molecule has 1 aliphatic rings. The quantitative estimate of drug-likeness (QED) is 0.157. The zero-order chi connectivity index (χ0) is 39.6. The number of anilines is 3. The summed E-state index contributed by atoms with van der Waals surface area (Å²) < 4.78 is 2.44. The normalized spacial score (nSPS) is 11.7. The van der Waals surface area contributed by atoms with Crippen molar-refractivity contribution in [3.63, 3.8) is 0 Å². The van der Waals surface area contributed by atoms with Crippen LogP contribution in [0, 0.1) is 0 Å². The molecular formula is C58H38N2. The predicted octanol–water partition coefficient (Wildman–Crippen LogP) is 16.1. The molecule has 0 radical (unpaired) electrons. The lowest BCUT2D eigenvalue weighted by atomic mass is 9.99. The standard InChI is InChI=1S/C58H38N2/c1-4-12-39(13-5-1)41-22-29-47(30-23-41)59(48-31-24-42(25-32-48)40-14-6-2-7-15-40)49-33-26-43(27-34-49)45-28-35-56-54(36-45)55-37-52-50-20-10-16-44-17-11-21-51(58(44)50)53(52)38-57(55)60(56)46-18-8-3-9-19-46/h1-38H. The van der Waals surface area contributed by atoms with E-state index in [-0.39, 0.29) is 0 Å². The topological polar surface area (TPSA) is 8.17 Å². The molecule has 1 aromatic heterocycles. The van der Waals surface area contributed by atoms with Gasteiger partial charge in [-0.15, -0.1) is 0 Å². The molecule has 60 heavy (non-hydrogen) atoms. The summed E-state index contributed by atoms with van der Waals surface area (Å²) in [5, 5.41) is 5.16. The highest BCUT2D eigenvalue weighted by Gasteiger charge is 2.24. The Morgan fingerprint density at radius 1 is 0.283 bits per heavy atom. The molecule has 0 aliphatic heterocycles. The van der Waals surface area contributed by atoms with E-state index in [0.29, 0.717) is 0 Å². The van der Waals surface area contributed by atoms with E-state index < -0.39 is 0 Å². The van der Waals surface area contributed by atoms with E-state index in [0.717, 1.165) is 22.7 Å². The van der Waals surface area contributed by atoms with Gasteiger partial charge in [0, 0.05) is 33.5 Å². The summed E-state index contributed by atoms with van der Waals surface area (Å²) >= 11 is 0. The average Bonchev–Trinajstić information content (AvgIpc) is 3.82. The van der Waals surface area contributed by atoms with Crippen LogP contribution in [0.3, 0.4) is 0 Å². The number of hydrogen-bond donors (Lipinski definition) is 0. The van der Waals surface area contributed by atoms with Gasteiger partial charge < -0.3 is 9.47 Å². The molecule has 2 nitrogen and oxygen atoms in total. The molecule has 10 aromatic carbocycles. The summed E-state index contributed by atoms with van der Waals surface area (Å²) in [6.07, 6.45) is 0. The third-order valence-corrected chi connectivity index (χ3v) is 12.3. The van der Waals surface area contributed by atoms with Crippen LogP contribution in [0.1, 0.15) is 0 Å². The zero-order valence-electron chi connectivity index (χ0n) is 32.8. The van der Waals surface area contributed by atoms with Crippen LogP contribution in [-0.4, -0.2) is 4.57 Å². The van der Waals surface area contributed by atoms with Crippen molar-refractivity contribution < 1.29 is 0 Å². The van der Waals surface area contributed by atoms with Gasteiger partial charge >= 0.3 is 0 Å². The molecule has 1 heterocycles. The van der Waals surface area contributed by atoms with Gasteiger partial charge in [-0.05, 0) is 139 Å². The van der Waals surface area contributed by atoms with Gasteiger partial charge in [-0.25, -0.2) is 0 Å². The maximum Gasteiger partial charge on any atom is 0.0547 e. The number of fused-ring (bicyclic) bond motifs is 6. The average molecular weight is 763 g/mol. The third-order valence-electron chi connectivity index (χ3n) is 12.3. The van der Waals surface area contributed by atoms with Crippen LogP contribution in [0.15, 0.2) is 231 Å². The second-order valence-electron chi connectivity index (χ2n) is 15.7. The first-order chi connectivity index (χ1) is 29.7. The molecule has 12 rings (SSSR count). The first kappa shape index (κ1) is 34.1. The van der Waals surface area contributed by atoms with Crippen LogP contribution in [0.4, 0.5) is 17.1 Å². The Balaban J connectivity index is 0.965. The van der Waals surface area contributed by atoms with Crippen molar-refractivity contribution in [3.05, 3.63) is 231 Å². The largest absolute Gasteiger partial charge is 0.311 e. The predicted molar refractivity (Wildman–Crippen MR) is 254 cm³/mol. The fourth-order valence-corrected chi connectivity index (χ4v) is 9.45. The molecule has 0 N–H and O–H groups in total. The van der Waals surface area contributed by atoms with Crippen LogP contribution in [0.25, 0.3) is 93.9 Å². The van der Waals surface area contributed by atoms with Crippen LogP contribution in [0.5, 0.6) is 0 Å². The van der Waals surface area contributed by atoms with Crippen LogP contribution in [-0.2, 0) is 0 Å². The highest BCUT2D eigenvalue weighted by atomic mass is 15.1. The van der Waals surface area contributed by atoms with Gasteiger partial charge in [0.1, 0.15) is 0 Å². The molecular weight excluding hydrogens is 725 g/mol. The van der Waals surface area contributed by atoms with Crippen molar-refractivity contribution in [2.45, 2.75) is 0 Å². The second-order valence-corrected chi connectivity index (χ2v) is 15.7. The molecule has 0 saturated carbocycles. The molecule has 0 fully saturated rings. The Morgan fingerprint density at radius 2 is 0.717 bits per heavy atom. The summed E-state index contributed by atoms with van der Waals surface area (Å²) in [5.74, 6) is 0. The Bertz CT molecular complexity index is 3280. The number of hydrogen-bond acceptors (Lipinski definition) is 1. The number of benzene rings is 10. The molecule has 0 spiro atoms. The van der Waals surface area contributed by atoms with Gasteiger partial charge in [0.15, 0.2) is 0 Å². The van der Waals surface area contributed by atoms with E-state index in [4.69, 9.17) is 0 Å². The molecule has 0 atom stereocenters. The first-order valence-corrected chi connectivity index (χ1v) is 20.7. The molecule has 0 saturated heterocycles. The Morgan fingerprint density at radius 3 is 1.25 bits per heavy atom. The summed E-state index contributed by atoms with van der Waals surface area (Å²) in [5.41, 5.74) is 19.4. The van der Waals surface area contributed by atoms with Gasteiger partial charge in [-0.3, -0.25) is 0 Å². The summed E-state index contributed by atoms with van der Waals surface area (Å²) in [6.45, 7) is 0. The van der Waals surface area contributed by atoms with Gasteiger partial charge in [-0.1, -0.05) is 158 Å². The lowest BCUT2D eigenvalue weighted by Gasteiger charge is -2.26. The van der Waals surface area contributed by atoms with Crippen LogP contribution < -0.4 is 4.90 Å². The van der Waals surface area contributed by atoms with E-state index in [1.165, 1.54) is 88.2 Å². The minimum absolute atomic E-state index is 1.10. The van der Waals surface area contributed by atoms with Crippen molar-refractivity contribution >= 4 is 49.6 Å². The molecule has 0 bridgehead atoms. The van der Waals surface area contributed by atoms with Crippen LogP contribution in [0.2, 0.25) is 0 Å². The summed E-state index contributed by atoms with van der Waals surface area (Å²) in [7, 11) is 0. The van der Waals surface area contributed by atoms with Crippen molar-refractivity contribution in [2.75, 3.05) is 4.90 Å². The monoisotopic (exact) mass is 762 g/mol. The Hall–Kier alpha value is -7.94. The fourth-order valence-electron chi connectivity index (χ4n) is 9.45. The molecule has 0 amide bonds. The van der Waals surface area contributed by atoms with Gasteiger partial charge in [0.05, 0.1) is 11.0 Å². The number of rotatable bonds is 7. The zero-order valence-corrected chi connectivity index (χ0v) is 32.8. The minimum Gasteiger partial charge on any atom is -0.311 e. The number of para-hydroxylation sites is 1. The molecule has 1 aliphatic carbocycles. The number of aromatic nitrogens is 1. The van der Waals surface area contributed by atoms with Gasteiger partial charge in [0.2, 0.25) is 0 Å². The van der Waals surface area contributed by atoms with Crippen molar-refractivity contribution in [1.82, 2.24) is 4.57 Å². The van der Waals surface area contributed by atoms with E-state index in [1.807, 2.05) is 0 Å². The van der Waals surface area contributed by atoms with E-state index in [2.05, 4.69) is 240 Å². The smallest absolute Gasteiger partial charge is 0.0547 e. The summed E-state index contributed by atoms with van der Waals surface area (Å²) in [6, 6.07) is 84.0. The molecule has 2 heteroatoms. The molecule has 280 valence electrons. The lowest BCUT2D eigenvalue weighted by molar-refractivity contribution is 1.18. The fraction of sp³-hybridized carbons (Fsp3) is 0. The van der Waals surface area contributed by atoms with Crippen molar-refractivity contribution in [1.29, 1.82) is 0 Å². The lowest BCUT2D eigenvalue weighted by Crippen LogP contribution is -2.09. The molecule has 0 unspecified atom stereocenters. The Kier molecular flexibility index (Phi) is 7.89. The van der Waals surface area contributed by atoms with Crippen LogP contribution >= 0.6 is 0 Å². The van der Waals surface area contributed by atoms with Gasteiger partial charge in [0.25, 0.3) is 0 Å². The number of nitrogens with zero attached hydrogens (tertiary/aromatic N) is 2. The highest BCUT2D eigenvalue weighted by Crippen LogP contribution is 2.50. The van der Waals surface area contributed by atoms with E-state index in [9.17, 15) is 0 Å². The third kappa shape index (κ3) is 5.57.